The molecule has 0 aliphatic heterocycles. The molecular formula is C19H24BrN3O2. The van der Waals surface area contributed by atoms with Crippen molar-refractivity contribution >= 4 is 27.6 Å². The van der Waals surface area contributed by atoms with Crippen molar-refractivity contribution in [3.63, 3.8) is 0 Å². The molecule has 2 aromatic rings. The van der Waals surface area contributed by atoms with Gasteiger partial charge in [-0.05, 0) is 72.1 Å². The summed E-state index contributed by atoms with van der Waals surface area (Å²) >= 11 is 3.48. The Hall–Kier alpha value is -2.21. The molecular weight excluding hydrogens is 382 g/mol. The lowest BCUT2D eigenvalue weighted by molar-refractivity contribution is 0.242. The van der Waals surface area contributed by atoms with E-state index < -0.39 is 0 Å². The summed E-state index contributed by atoms with van der Waals surface area (Å²) in [7, 11) is 1.66. The fourth-order valence-corrected chi connectivity index (χ4v) is 2.92. The minimum absolute atomic E-state index is 0.153. The van der Waals surface area contributed by atoms with Crippen molar-refractivity contribution in [3.05, 3.63) is 52.5 Å². The number of aliphatic imine (C=N–C) groups is 1. The number of halogens is 1. The first kappa shape index (κ1) is 19.1. The third kappa shape index (κ3) is 5.98. The van der Waals surface area contributed by atoms with Crippen molar-refractivity contribution in [2.24, 2.45) is 10.7 Å². The smallest absolute Gasteiger partial charge is 0.193 e. The highest BCUT2D eigenvalue weighted by Gasteiger charge is 2.06. The second-order valence-corrected chi connectivity index (χ2v) is 6.62. The third-order valence-electron chi connectivity index (χ3n) is 3.41. The predicted molar refractivity (Wildman–Crippen MR) is 107 cm³/mol. The third-order valence-corrected chi connectivity index (χ3v) is 4.04. The monoisotopic (exact) mass is 405 g/mol. The Morgan fingerprint density at radius 1 is 1.20 bits per heavy atom. The largest absolute Gasteiger partial charge is 0.495 e. The first-order valence-electron chi connectivity index (χ1n) is 8.14. The number of hydrogen-bond donors (Lipinski definition) is 2. The highest BCUT2D eigenvalue weighted by Crippen LogP contribution is 2.28. The Morgan fingerprint density at radius 2 is 1.92 bits per heavy atom. The number of methoxy groups -OCH3 is 1. The van der Waals surface area contributed by atoms with Crippen molar-refractivity contribution in [2.45, 2.75) is 26.4 Å². The van der Waals surface area contributed by atoms with Crippen LogP contribution in [0.1, 0.15) is 19.4 Å². The number of rotatable bonds is 7. The maximum atomic E-state index is 5.96. The molecule has 25 heavy (non-hydrogen) atoms. The number of nitrogens with zero attached hydrogens (tertiary/aromatic N) is 1. The van der Waals surface area contributed by atoms with E-state index >= 15 is 0 Å². The molecule has 5 nitrogen and oxygen atoms in total. The summed E-state index contributed by atoms with van der Waals surface area (Å²) in [5.74, 6) is 2.05. The van der Waals surface area contributed by atoms with E-state index in [1.807, 2.05) is 56.3 Å². The molecule has 6 heteroatoms. The van der Waals surface area contributed by atoms with Crippen LogP contribution in [0.3, 0.4) is 0 Å². The molecule has 0 spiro atoms. The number of guanidine groups is 1. The first-order chi connectivity index (χ1) is 12.0. The highest BCUT2D eigenvalue weighted by molar-refractivity contribution is 9.10. The van der Waals surface area contributed by atoms with Gasteiger partial charge in [-0.2, -0.15) is 0 Å². The van der Waals surface area contributed by atoms with Crippen LogP contribution in [0, 0.1) is 0 Å². The van der Waals surface area contributed by atoms with Crippen LogP contribution in [0.2, 0.25) is 0 Å². The molecule has 0 radical (unpaired) electrons. The van der Waals surface area contributed by atoms with Gasteiger partial charge in [-0.25, -0.2) is 0 Å². The van der Waals surface area contributed by atoms with Gasteiger partial charge in [-0.1, -0.05) is 12.1 Å². The van der Waals surface area contributed by atoms with Gasteiger partial charge in [-0.15, -0.1) is 0 Å². The van der Waals surface area contributed by atoms with Crippen molar-refractivity contribution in [1.29, 1.82) is 0 Å². The number of anilines is 1. The Morgan fingerprint density at radius 3 is 2.56 bits per heavy atom. The zero-order valence-electron chi connectivity index (χ0n) is 14.8. The Bertz CT molecular complexity index is 715. The number of ether oxygens (including phenoxy) is 2. The van der Waals surface area contributed by atoms with E-state index in [1.54, 1.807) is 7.11 Å². The van der Waals surface area contributed by atoms with E-state index in [1.165, 1.54) is 0 Å². The molecule has 0 saturated heterocycles. The van der Waals surface area contributed by atoms with Gasteiger partial charge >= 0.3 is 0 Å². The van der Waals surface area contributed by atoms with Crippen LogP contribution in [0.5, 0.6) is 11.5 Å². The van der Waals surface area contributed by atoms with Gasteiger partial charge < -0.3 is 20.5 Å². The van der Waals surface area contributed by atoms with Gasteiger partial charge in [-0.3, -0.25) is 4.99 Å². The van der Waals surface area contributed by atoms with E-state index in [0.29, 0.717) is 12.5 Å². The standard InChI is InChI=1S/C19H24BrN3O2/c1-13(2)25-16-9-7-15(8-10-16)23-19(21)22-12-11-14-5-4-6-17(20)18(14)24-3/h4-10,13H,11-12H2,1-3H3,(H3,21,22,23). The fraction of sp³-hybridized carbons (Fsp3) is 0.316. The highest BCUT2D eigenvalue weighted by atomic mass is 79.9. The average molecular weight is 406 g/mol. The second kappa shape index (κ2) is 9.32. The summed E-state index contributed by atoms with van der Waals surface area (Å²) in [5, 5.41) is 3.08. The van der Waals surface area contributed by atoms with Crippen LogP contribution in [-0.2, 0) is 6.42 Å². The normalized spacial score (nSPS) is 11.5. The number of nitrogens with one attached hydrogen (secondary N) is 1. The average Bonchev–Trinajstić information content (AvgIpc) is 2.56. The lowest BCUT2D eigenvalue weighted by Crippen LogP contribution is -2.23. The maximum absolute atomic E-state index is 5.96. The Labute approximate surface area is 157 Å². The van der Waals surface area contributed by atoms with Crippen LogP contribution < -0.4 is 20.5 Å². The molecule has 0 heterocycles. The first-order valence-corrected chi connectivity index (χ1v) is 8.94. The van der Waals surface area contributed by atoms with E-state index in [9.17, 15) is 0 Å². The molecule has 2 rings (SSSR count). The topological polar surface area (TPSA) is 68.9 Å². The van der Waals surface area contributed by atoms with E-state index in [-0.39, 0.29) is 6.10 Å². The van der Waals surface area contributed by atoms with Gasteiger partial charge in [0.25, 0.3) is 0 Å². The molecule has 134 valence electrons. The Kier molecular flexibility index (Phi) is 7.13. The van der Waals surface area contributed by atoms with Gasteiger partial charge in [0.15, 0.2) is 5.96 Å². The minimum atomic E-state index is 0.153. The van der Waals surface area contributed by atoms with Crippen molar-refractivity contribution < 1.29 is 9.47 Å². The summed E-state index contributed by atoms with van der Waals surface area (Å²) in [6.07, 6.45) is 0.895. The molecule has 0 unspecified atom stereocenters. The molecule has 3 N–H and O–H groups in total. The molecule has 0 atom stereocenters. The van der Waals surface area contributed by atoms with E-state index in [4.69, 9.17) is 15.2 Å². The number of nitrogens with two attached hydrogens (primary N) is 1. The Balaban J connectivity index is 1.91. The lowest BCUT2D eigenvalue weighted by Gasteiger charge is -2.11. The van der Waals surface area contributed by atoms with Crippen LogP contribution in [0.25, 0.3) is 0 Å². The molecule has 0 aliphatic rings. The van der Waals surface area contributed by atoms with Crippen LogP contribution in [0.15, 0.2) is 51.9 Å². The molecule has 0 amide bonds. The second-order valence-electron chi connectivity index (χ2n) is 5.77. The maximum Gasteiger partial charge on any atom is 0.193 e. The van der Waals surface area contributed by atoms with Gasteiger partial charge in [0, 0.05) is 12.2 Å². The molecule has 0 fully saturated rings. The molecule has 2 aromatic carbocycles. The summed E-state index contributed by atoms with van der Waals surface area (Å²) < 4.78 is 12.0. The number of benzene rings is 2. The minimum Gasteiger partial charge on any atom is -0.495 e. The summed E-state index contributed by atoms with van der Waals surface area (Å²) in [6.45, 7) is 4.56. The van der Waals surface area contributed by atoms with Gasteiger partial charge in [0.05, 0.1) is 17.7 Å². The van der Waals surface area contributed by atoms with Crippen LogP contribution in [0.4, 0.5) is 5.69 Å². The molecule has 0 aliphatic carbocycles. The van der Waals surface area contributed by atoms with Crippen molar-refractivity contribution in [1.82, 2.24) is 0 Å². The molecule has 0 aromatic heterocycles. The summed E-state index contributed by atoms with van der Waals surface area (Å²) in [4.78, 5) is 4.37. The zero-order chi connectivity index (χ0) is 18.2. The van der Waals surface area contributed by atoms with E-state index in [2.05, 4.69) is 26.2 Å². The predicted octanol–water partition coefficient (Wildman–Crippen LogP) is 4.21. The van der Waals surface area contributed by atoms with Crippen molar-refractivity contribution in [2.75, 3.05) is 19.0 Å². The van der Waals surface area contributed by atoms with Gasteiger partial charge in [0.2, 0.25) is 0 Å². The van der Waals surface area contributed by atoms with Crippen LogP contribution in [-0.4, -0.2) is 25.7 Å². The summed E-state index contributed by atoms with van der Waals surface area (Å²) in [6, 6.07) is 13.6. The zero-order valence-corrected chi connectivity index (χ0v) is 16.3. The van der Waals surface area contributed by atoms with Crippen LogP contribution >= 0.6 is 15.9 Å². The number of para-hydroxylation sites is 1. The van der Waals surface area contributed by atoms with Crippen molar-refractivity contribution in [3.8, 4) is 11.5 Å². The molecule has 0 saturated carbocycles. The lowest BCUT2D eigenvalue weighted by atomic mass is 10.1. The summed E-state index contributed by atoms with van der Waals surface area (Å²) in [5.41, 5.74) is 7.92. The SMILES string of the molecule is COc1c(Br)cccc1CCN=C(N)Nc1ccc(OC(C)C)cc1. The molecule has 0 bridgehead atoms. The van der Waals surface area contributed by atoms with Gasteiger partial charge in [0.1, 0.15) is 11.5 Å². The van der Waals surface area contributed by atoms with E-state index in [0.717, 1.165) is 33.6 Å². The number of hydrogen-bond acceptors (Lipinski definition) is 3. The quantitative estimate of drug-likeness (QED) is 0.534. The fourth-order valence-electron chi connectivity index (χ4n) is 2.35.